The standard InChI is InChI=1S/C20H23N3O5/c24-19(15-5-6-18(21-13-15)28-14-16-3-1-11-26-16)22-7-9-23(10-8-22)20(25)17-4-2-12-27-17/h2,4-6,12-13,16H,1,3,7-11,14H2/t16-/m1/s1. The normalized spacial score (nSPS) is 19.6. The third kappa shape index (κ3) is 4.17. The lowest BCUT2D eigenvalue weighted by molar-refractivity contribution is 0.0517. The fourth-order valence-electron chi connectivity index (χ4n) is 3.40. The lowest BCUT2D eigenvalue weighted by Crippen LogP contribution is -2.50. The quantitative estimate of drug-likeness (QED) is 0.781. The van der Waals surface area contributed by atoms with Crippen LogP contribution in [0, 0.1) is 0 Å². The molecular weight excluding hydrogens is 362 g/mol. The first kappa shape index (κ1) is 18.5. The Morgan fingerprint density at radius 3 is 2.50 bits per heavy atom. The molecule has 0 radical (unpaired) electrons. The second-order valence-corrected chi connectivity index (χ2v) is 6.89. The van der Waals surface area contributed by atoms with E-state index in [2.05, 4.69) is 4.98 Å². The molecule has 4 rings (SSSR count). The van der Waals surface area contributed by atoms with Gasteiger partial charge in [0.2, 0.25) is 5.88 Å². The molecule has 0 spiro atoms. The number of pyridine rings is 1. The van der Waals surface area contributed by atoms with E-state index in [0.717, 1.165) is 19.4 Å². The molecule has 2 aromatic rings. The number of piperazine rings is 1. The number of rotatable bonds is 5. The Hall–Kier alpha value is -2.87. The zero-order chi connectivity index (χ0) is 19.3. The minimum absolute atomic E-state index is 0.0942. The van der Waals surface area contributed by atoms with Gasteiger partial charge in [-0.2, -0.15) is 0 Å². The Kier molecular flexibility index (Phi) is 5.57. The minimum atomic E-state index is -0.147. The molecule has 28 heavy (non-hydrogen) atoms. The smallest absolute Gasteiger partial charge is 0.289 e. The van der Waals surface area contributed by atoms with Gasteiger partial charge in [-0.1, -0.05) is 0 Å². The van der Waals surface area contributed by atoms with Crippen LogP contribution in [0.1, 0.15) is 33.8 Å². The summed E-state index contributed by atoms with van der Waals surface area (Å²) in [7, 11) is 0. The Morgan fingerprint density at radius 2 is 1.89 bits per heavy atom. The van der Waals surface area contributed by atoms with Gasteiger partial charge in [0, 0.05) is 45.0 Å². The highest BCUT2D eigenvalue weighted by molar-refractivity contribution is 5.94. The van der Waals surface area contributed by atoms with E-state index in [4.69, 9.17) is 13.9 Å². The van der Waals surface area contributed by atoms with Crippen molar-refractivity contribution in [2.75, 3.05) is 39.4 Å². The summed E-state index contributed by atoms with van der Waals surface area (Å²) in [5.41, 5.74) is 0.510. The van der Waals surface area contributed by atoms with Crippen molar-refractivity contribution in [1.29, 1.82) is 0 Å². The number of ether oxygens (including phenoxy) is 2. The first-order valence-corrected chi connectivity index (χ1v) is 9.53. The number of amides is 2. The summed E-state index contributed by atoms with van der Waals surface area (Å²) in [5.74, 6) is 0.568. The van der Waals surface area contributed by atoms with Crippen molar-refractivity contribution in [3.05, 3.63) is 48.0 Å². The lowest BCUT2D eigenvalue weighted by atomic mass is 10.2. The van der Waals surface area contributed by atoms with Gasteiger partial charge in [0.05, 0.1) is 17.9 Å². The van der Waals surface area contributed by atoms with Crippen molar-refractivity contribution in [2.24, 2.45) is 0 Å². The summed E-state index contributed by atoms with van der Waals surface area (Å²) in [4.78, 5) is 32.6. The van der Waals surface area contributed by atoms with Gasteiger partial charge in [-0.25, -0.2) is 4.98 Å². The maximum atomic E-state index is 12.7. The highest BCUT2D eigenvalue weighted by Crippen LogP contribution is 2.16. The highest BCUT2D eigenvalue weighted by Gasteiger charge is 2.26. The van der Waals surface area contributed by atoms with E-state index in [9.17, 15) is 9.59 Å². The number of furan rings is 1. The van der Waals surface area contributed by atoms with Crippen LogP contribution in [0.5, 0.6) is 5.88 Å². The van der Waals surface area contributed by atoms with Crippen molar-refractivity contribution < 1.29 is 23.5 Å². The van der Waals surface area contributed by atoms with E-state index in [1.54, 1.807) is 34.1 Å². The molecule has 2 saturated heterocycles. The number of aromatic nitrogens is 1. The van der Waals surface area contributed by atoms with Gasteiger partial charge in [0.25, 0.3) is 11.8 Å². The van der Waals surface area contributed by atoms with Crippen LogP contribution in [-0.4, -0.2) is 72.1 Å². The highest BCUT2D eigenvalue weighted by atomic mass is 16.5. The molecule has 8 heteroatoms. The summed E-state index contributed by atoms with van der Waals surface area (Å²) < 4.78 is 16.3. The molecule has 0 N–H and O–H groups in total. The average Bonchev–Trinajstić information content (AvgIpc) is 3.46. The molecule has 0 aromatic carbocycles. The molecule has 2 aliphatic heterocycles. The van der Waals surface area contributed by atoms with E-state index >= 15 is 0 Å². The van der Waals surface area contributed by atoms with E-state index < -0.39 is 0 Å². The predicted octanol–water partition coefficient (Wildman–Crippen LogP) is 1.83. The minimum Gasteiger partial charge on any atom is -0.475 e. The van der Waals surface area contributed by atoms with Gasteiger partial charge < -0.3 is 23.7 Å². The summed E-state index contributed by atoms with van der Waals surface area (Å²) in [6.45, 7) is 3.16. The number of nitrogens with zero attached hydrogens (tertiary/aromatic N) is 3. The fraction of sp³-hybridized carbons (Fsp3) is 0.450. The van der Waals surface area contributed by atoms with Gasteiger partial charge in [0.15, 0.2) is 5.76 Å². The third-order valence-electron chi connectivity index (χ3n) is 5.01. The van der Waals surface area contributed by atoms with Gasteiger partial charge in [-0.15, -0.1) is 0 Å². The fourth-order valence-corrected chi connectivity index (χ4v) is 3.40. The Morgan fingerprint density at radius 1 is 1.11 bits per heavy atom. The zero-order valence-electron chi connectivity index (χ0n) is 15.6. The summed E-state index contributed by atoms with van der Waals surface area (Å²) in [6.07, 6.45) is 5.21. The van der Waals surface area contributed by atoms with Gasteiger partial charge >= 0.3 is 0 Å². The molecule has 0 bridgehead atoms. The number of hydrogen-bond donors (Lipinski definition) is 0. The second-order valence-electron chi connectivity index (χ2n) is 6.89. The molecule has 2 amide bonds. The van der Waals surface area contributed by atoms with Crippen LogP contribution < -0.4 is 4.74 Å². The molecule has 8 nitrogen and oxygen atoms in total. The van der Waals surface area contributed by atoms with E-state index in [1.165, 1.54) is 12.5 Å². The van der Waals surface area contributed by atoms with Crippen molar-refractivity contribution >= 4 is 11.8 Å². The Balaban J connectivity index is 1.28. The third-order valence-corrected chi connectivity index (χ3v) is 5.01. The second kappa shape index (κ2) is 8.43. The van der Waals surface area contributed by atoms with Crippen molar-refractivity contribution in [1.82, 2.24) is 14.8 Å². The van der Waals surface area contributed by atoms with E-state index in [0.29, 0.717) is 50.0 Å². The first-order valence-electron chi connectivity index (χ1n) is 9.53. The molecule has 0 aliphatic carbocycles. The summed E-state index contributed by atoms with van der Waals surface area (Å²) >= 11 is 0. The van der Waals surface area contributed by atoms with Crippen LogP contribution in [0.2, 0.25) is 0 Å². The number of carbonyl (C=O) groups excluding carboxylic acids is 2. The van der Waals surface area contributed by atoms with Crippen molar-refractivity contribution in [3.8, 4) is 5.88 Å². The maximum Gasteiger partial charge on any atom is 0.289 e. The maximum absolute atomic E-state index is 12.7. The predicted molar refractivity (Wildman–Crippen MR) is 99.2 cm³/mol. The van der Waals surface area contributed by atoms with Crippen LogP contribution in [0.3, 0.4) is 0 Å². The SMILES string of the molecule is O=C(c1ccc(OC[C@H]2CCCO2)nc1)N1CCN(C(=O)c2ccco2)CC1. The Bertz CT molecular complexity index is 792. The molecule has 2 aromatic heterocycles. The molecule has 2 fully saturated rings. The van der Waals surface area contributed by atoms with Gasteiger partial charge in [-0.3, -0.25) is 9.59 Å². The van der Waals surface area contributed by atoms with Crippen LogP contribution in [-0.2, 0) is 4.74 Å². The molecule has 0 saturated carbocycles. The molecule has 148 valence electrons. The summed E-state index contributed by atoms with van der Waals surface area (Å²) in [6, 6.07) is 6.77. The lowest BCUT2D eigenvalue weighted by Gasteiger charge is -2.34. The molecule has 1 atom stereocenters. The number of carbonyl (C=O) groups is 2. The molecule has 4 heterocycles. The van der Waals surface area contributed by atoms with Gasteiger partial charge in [-0.05, 0) is 31.0 Å². The van der Waals surface area contributed by atoms with Crippen LogP contribution in [0.15, 0.2) is 41.1 Å². The molecule has 0 unspecified atom stereocenters. The monoisotopic (exact) mass is 385 g/mol. The van der Waals surface area contributed by atoms with E-state index in [1.807, 2.05) is 0 Å². The molecule has 2 aliphatic rings. The number of hydrogen-bond acceptors (Lipinski definition) is 6. The summed E-state index contributed by atoms with van der Waals surface area (Å²) in [5, 5.41) is 0. The first-order chi connectivity index (χ1) is 13.7. The van der Waals surface area contributed by atoms with Gasteiger partial charge in [0.1, 0.15) is 6.61 Å². The van der Waals surface area contributed by atoms with Crippen LogP contribution in [0.25, 0.3) is 0 Å². The Labute approximate surface area is 163 Å². The van der Waals surface area contributed by atoms with Crippen LogP contribution >= 0.6 is 0 Å². The largest absolute Gasteiger partial charge is 0.475 e. The average molecular weight is 385 g/mol. The van der Waals surface area contributed by atoms with Crippen LogP contribution in [0.4, 0.5) is 0 Å². The zero-order valence-corrected chi connectivity index (χ0v) is 15.6. The van der Waals surface area contributed by atoms with Crippen molar-refractivity contribution in [3.63, 3.8) is 0 Å². The molecular formula is C20H23N3O5. The topological polar surface area (TPSA) is 85.1 Å². The van der Waals surface area contributed by atoms with E-state index in [-0.39, 0.29) is 17.9 Å². The van der Waals surface area contributed by atoms with Crippen molar-refractivity contribution in [2.45, 2.75) is 18.9 Å².